The minimum Gasteiger partial charge on any atom is -0.497 e. The molecule has 2 unspecified atom stereocenters. The number of aliphatic hydroxyl groups excluding tert-OH is 1. The Kier molecular flexibility index (Phi) is 6.52. The number of ether oxygens (including phenoxy) is 1. The van der Waals surface area contributed by atoms with Crippen molar-refractivity contribution in [1.29, 1.82) is 0 Å². The molecule has 0 radical (unpaired) electrons. The van der Waals surface area contributed by atoms with Gasteiger partial charge >= 0.3 is 0 Å². The van der Waals surface area contributed by atoms with Crippen LogP contribution in [0.2, 0.25) is 0 Å². The Labute approximate surface area is 128 Å². The van der Waals surface area contributed by atoms with Gasteiger partial charge in [-0.3, -0.25) is 0 Å². The van der Waals surface area contributed by atoms with Gasteiger partial charge < -0.3 is 15.6 Å². The highest BCUT2D eigenvalue weighted by Gasteiger charge is 2.28. The highest BCUT2D eigenvalue weighted by molar-refractivity contribution is 5.30. The van der Waals surface area contributed by atoms with Crippen molar-refractivity contribution in [2.75, 3.05) is 13.7 Å². The molecule has 2 rings (SSSR count). The van der Waals surface area contributed by atoms with Crippen LogP contribution < -0.4 is 10.5 Å². The van der Waals surface area contributed by atoms with Crippen molar-refractivity contribution in [3.05, 3.63) is 29.8 Å². The first-order valence-electron chi connectivity index (χ1n) is 8.28. The van der Waals surface area contributed by atoms with Crippen molar-refractivity contribution in [2.45, 2.75) is 57.0 Å². The van der Waals surface area contributed by atoms with Crippen LogP contribution in [0.5, 0.6) is 5.75 Å². The highest BCUT2D eigenvalue weighted by atomic mass is 16.5. The minimum atomic E-state index is -0.332. The second-order valence-corrected chi connectivity index (χ2v) is 6.21. The van der Waals surface area contributed by atoms with Crippen LogP contribution in [-0.2, 0) is 0 Å². The van der Waals surface area contributed by atoms with Crippen molar-refractivity contribution < 1.29 is 9.84 Å². The van der Waals surface area contributed by atoms with Crippen molar-refractivity contribution in [3.63, 3.8) is 0 Å². The summed E-state index contributed by atoms with van der Waals surface area (Å²) in [5.74, 6) is 1.26. The van der Waals surface area contributed by atoms with Crippen molar-refractivity contribution >= 4 is 0 Å². The Morgan fingerprint density at radius 3 is 2.19 bits per heavy atom. The molecule has 3 heteroatoms. The molecule has 118 valence electrons. The van der Waals surface area contributed by atoms with Gasteiger partial charge in [0, 0.05) is 12.5 Å². The van der Waals surface area contributed by atoms with Crippen molar-refractivity contribution in [1.82, 2.24) is 0 Å². The van der Waals surface area contributed by atoms with Gasteiger partial charge in [-0.15, -0.1) is 0 Å². The molecule has 3 N–H and O–H groups in total. The van der Waals surface area contributed by atoms with Gasteiger partial charge in [-0.25, -0.2) is 0 Å². The number of hydrogen-bond acceptors (Lipinski definition) is 3. The van der Waals surface area contributed by atoms with E-state index in [0.29, 0.717) is 12.5 Å². The molecule has 1 aliphatic carbocycles. The summed E-state index contributed by atoms with van der Waals surface area (Å²) in [5.41, 5.74) is 7.08. The van der Waals surface area contributed by atoms with Gasteiger partial charge in [0.2, 0.25) is 0 Å². The Balaban J connectivity index is 2.06. The van der Waals surface area contributed by atoms with Gasteiger partial charge in [-0.05, 0) is 36.5 Å². The largest absolute Gasteiger partial charge is 0.497 e. The lowest BCUT2D eigenvalue weighted by molar-refractivity contribution is 0.0679. The molecular formula is C18H29NO2. The van der Waals surface area contributed by atoms with Crippen LogP contribution in [0.1, 0.15) is 56.4 Å². The predicted octanol–water partition coefficient (Wildman–Crippen LogP) is 3.46. The van der Waals surface area contributed by atoms with E-state index >= 15 is 0 Å². The Morgan fingerprint density at radius 1 is 1.10 bits per heavy atom. The monoisotopic (exact) mass is 291 g/mol. The zero-order chi connectivity index (χ0) is 15.1. The molecule has 3 nitrogen and oxygen atoms in total. The standard InChI is InChI=1S/C18H29NO2/c1-21-16-11-9-14(10-12-16)17(13-19)18(20)15-7-5-3-2-4-6-8-15/h9-12,15,17-18,20H,2-8,13,19H2,1H3. The van der Waals surface area contributed by atoms with Gasteiger partial charge in [0.1, 0.15) is 5.75 Å². The lowest BCUT2D eigenvalue weighted by Crippen LogP contribution is -2.33. The Hall–Kier alpha value is -1.06. The summed E-state index contributed by atoms with van der Waals surface area (Å²) in [6, 6.07) is 7.96. The number of methoxy groups -OCH3 is 1. The van der Waals surface area contributed by atoms with Crippen LogP contribution in [-0.4, -0.2) is 24.9 Å². The second kappa shape index (κ2) is 8.40. The molecular weight excluding hydrogens is 262 g/mol. The highest BCUT2D eigenvalue weighted by Crippen LogP contribution is 2.32. The van der Waals surface area contributed by atoms with Crippen LogP contribution in [0.15, 0.2) is 24.3 Å². The average molecular weight is 291 g/mol. The molecule has 0 amide bonds. The van der Waals surface area contributed by atoms with Crippen LogP contribution in [0.4, 0.5) is 0 Å². The first kappa shape index (κ1) is 16.3. The molecule has 0 heterocycles. The summed E-state index contributed by atoms with van der Waals surface area (Å²) < 4.78 is 5.20. The molecule has 2 atom stereocenters. The number of hydrogen-bond donors (Lipinski definition) is 2. The normalized spacial score (nSPS) is 20.3. The molecule has 0 bridgehead atoms. The molecule has 1 aromatic rings. The van der Waals surface area contributed by atoms with E-state index in [1.807, 2.05) is 24.3 Å². The third kappa shape index (κ3) is 4.45. The van der Waals surface area contributed by atoms with E-state index < -0.39 is 0 Å². The zero-order valence-corrected chi connectivity index (χ0v) is 13.1. The fraction of sp³-hybridized carbons (Fsp3) is 0.667. The fourth-order valence-electron chi connectivity index (χ4n) is 3.48. The van der Waals surface area contributed by atoms with E-state index in [1.54, 1.807) is 7.11 Å². The topological polar surface area (TPSA) is 55.5 Å². The number of nitrogens with two attached hydrogens (primary N) is 1. The molecule has 0 aromatic heterocycles. The Bertz CT molecular complexity index is 396. The lowest BCUT2D eigenvalue weighted by Gasteiger charge is -2.31. The van der Waals surface area contributed by atoms with Crippen LogP contribution >= 0.6 is 0 Å². The van der Waals surface area contributed by atoms with Crippen LogP contribution in [0.25, 0.3) is 0 Å². The van der Waals surface area contributed by atoms with Gasteiger partial charge in [-0.2, -0.15) is 0 Å². The molecule has 1 fully saturated rings. The molecule has 0 spiro atoms. The third-order valence-electron chi connectivity index (χ3n) is 4.84. The quantitative estimate of drug-likeness (QED) is 0.873. The molecule has 1 aliphatic rings. The fourth-order valence-corrected chi connectivity index (χ4v) is 3.48. The van der Waals surface area contributed by atoms with Crippen LogP contribution in [0, 0.1) is 5.92 Å². The van der Waals surface area contributed by atoms with Gasteiger partial charge in [-0.1, -0.05) is 44.2 Å². The summed E-state index contributed by atoms with van der Waals surface area (Å²) in [4.78, 5) is 0. The SMILES string of the molecule is COc1ccc(C(CN)C(O)C2CCCCCCC2)cc1. The maximum atomic E-state index is 10.8. The van der Waals surface area contributed by atoms with E-state index in [2.05, 4.69) is 0 Å². The predicted molar refractivity (Wildman–Crippen MR) is 86.6 cm³/mol. The number of aliphatic hydroxyl groups is 1. The molecule has 1 saturated carbocycles. The number of rotatable bonds is 5. The summed E-state index contributed by atoms with van der Waals surface area (Å²) in [6.45, 7) is 0.490. The smallest absolute Gasteiger partial charge is 0.118 e. The summed E-state index contributed by atoms with van der Waals surface area (Å²) >= 11 is 0. The minimum absolute atomic E-state index is 0.0281. The van der Waals surface area contributed by atoms with E-state index in [1.165, 1.54) is 32.1 Å². The third-order valence-corrected chi connectivity index (χ3v) is 4.84. The van der Waals surface area contributed by atoms with Gasteiger partial charge in [0.15, 0.2) is 0 Å². The van der Waals surface area contributed by atoms with E-state index in [-0.39, 0.29) is 12.0 Å². The van der Waals surface area contributed by atoms with Crippen molar-refractivity contribution in [2.24, 2.45) is 11.7 Å². The Morgan fingerprint density at radius 2 is 1.67 bits per heavy atom. The molecule has 0 saturated heterocycles. The summed E-state index contributed by atoms with van der Waals surface area (Å²) in [5, 5.41) is 10.8. The van der Waals surface area contributed by atoms with E-state index in [0.717, 1.165) is 24.2 Å². The molecule has 1 aromatic carbocycles. The number of benzene rings is 1. The van der Waals surface area contributed by atoms with Gasteiger partial charge in [0.25, 0.3) is 0 Å². The maximum Gasteiger partial charge on any atom is 0.118 e. The van der Waals surface area contributed by atoms with E-state index in [9.17, 15) is 5.11 Å². The summed E-state index contributed by atoms with van der Waals surface area (Å²) in [6.07, 6.45) is 8.37. The summed E-state index contributed by atoms with van der Waals surface area (Å²) in [7, 11) is 1.67. The second-order valence-electron chi connectivity index (χ2n) is 6.21. The molecule has 21 heavy (non-hydrogen) atoms. The van der Waals surface area contributed by atoms with Gasteiger partial charge in [0.05, 0.1) is 13.2 Å². The first-order chi connectivity index (χ1) is 10.3. The molecule has 0 aliphatic heterocycles. The van der Waals surface area contributed by atoms with E-state index in [4.69, 9.17) is 10.5 Å². The first-order valence-corrected chi connectivity index (χ1v) is 8.28. The maximum absolute atomic E-state index is 10.8. The van der Waals surface area contributed by atoms with Crippen molar-refractivity contribution in [3.8, 4) is 5.75 Å². The van der Waals surface area contributed by atoms with Crippen LogP contribution in [0.3, 0.4) is 0 Å². The lowest BCUT2D eigenvalue weighted by atomic mass is 9.79. The zero-order valence-electron chi connectivity index (χ0n) is 13.1. The average Bonchev–Trinajstić information content (AvgIpc) is 2.48.